The number of hydrogen-bond donors (Lipinski definition) is 1. The predicted molar refractivity (Wildman–Crippen MR) is 84.5 cm³/mol. The highest BCUT2D eigenvalue weighted by molar-refractivity contribution is 6.02. The van der Waals surface area contributed by atoms with Gasteiger partial charge < -0.3 is 9.80 Å². The van der Waals surface area contributed by atoms with Crippen molar-refractivity contribution in [1.29, 1.82) is 0 Å². The summed E-state index contributed by atoms with van der Waals surface area (Å²) in [6.45, 7) is 2.27. The minimum atomic E-state index is -0.554. The maximum atomic E-state index is 12.6. The fraction of sp³-hybridized carbons (Fsp3) is 0.353. The molecule has 2 heterocycles. The summed E-state index contributed by atoms with van der Waals surface area (Å²) < 4.78 is 0. The van der Waals surface area contributed by atoms with Crippen molar-refractivity contribution in [3.63, 3.8) is 0 Å². The molecule has 0 aliphatic carbocycles. The van der Waals surface area contributed by atoms with Crippen molar-refractivity contribution in [1.82, 2.24) is 15.1 Å². The Hall–Kier alpha value is -2.63. The number of rotatable bonds is 2. The van der Waals surface area contributed by atoms with Crippen molar-refractivity contribution < 1.29 is 14.4 Å². The Balaban J connectivity index is 1.83. The van der Waals surface area contributed by atoms with E-state index in [1.165, 1.54) is 11.0 Å². The first kappa shape index (κ1) is 15.3. The van der Waals surface area contributed by atoms with Gasteiger partial charge in [-0.15, -0.1) is 0 Å². The van der Waals surface area contributed by atoms with Gasteiger partial charge in [-0.1, -0.05) is 35.9 Å². The normalized spacial score (nSPS) is 24.9. The van der Waals surface area contributed by atoms with Gasteiger partial charge >= 0.3 is 6.03 Å². The third kappa shape index (κ3) is 2.84. The number of amides is 4. The van der Waals surface area contributed by atoms with Gasteiger partial charge in [0.2, 0.25) is 5.91 Å². The number of nitrogens with one attached hydrogen (secondary N) is 1. The summed E-state index contributed by atoms with van der Waals surface area (Å²) >= 11 is 0. The van der Waals surface area contributed by atoms with Crippen LogP contribution in [0, 0.1) is 6.92 Å². The first-order valence-electron chi connectivity index (χ1n) is 7.58. The first-order chi connectivity index (χ1) is 11.0. The van der Waals surface area contributed by atoms with Crippen LogP contribution in [0.3, 0.4) is 0 Å². The number of likely N-dealkylation sites (tertiary alicyclic amines) is 1. The van der Waals surface area contributed by atoms with Gasteiger partial charge in [0.15, 0.2) is 0 Å². The first-order valence-corrected chi connectivity index (χ1v) is 7.58. The molecule has 3 rings (SSSR count). The Kier molecular flexibility index (Phi) is 3.90. The van der Waals surface area contributed by atoms with E-state index in [1.54, 1.807) is 18.0 Å². The van der Waals surface area contributed by atoms with E-state index in [-0.39, 0.29) is 18.5 Å². The Morgan fingerprint density at radius 2 is 1.78 bits per heavy atom. The zero-order chi connectivity index (χ0) is 16.6. The standard InChI is InChI=1S/C17H19N3O3/c1-11-5-7-12(8-6-11)13-10-14(16(22)19(13)2)20-9-3-4-15(21)18-17(20)23/h3-8,13-14H,9-10H2,1-2H3,(H,18,21,23)/t13-,14+/m0/s1. The van der Waals surface area contributed by atoms with E-state index in [4.69, 9.17) is 0 Å². The van der Waals surface area contributed by atoms with Gasteiger partial charge in [-0.05, 0) is 12.5 Å². The third-order valence-electron chi connectivity index (χ3n) is 4.45. The van der Waals surface area contributed by atoms with E-state index in [0.29, 0.717) is 6.42 Å². The molecule has 6 heteroatoms. The lowest BCUT2D eigenvalue weighted by Gasteiger charge is -2.24. The van der Waals surface area contributed by atoms with Crippen LogP contribution >= 0.6 is 0 Å². The lowest BCUT2D eigenvalue weighted by atomic mass is 10.0. The second-order valence-corrected chi connectivity index (χ2v) is 5.98. The number of imide groups is 1. The van der Waals surface area contributed by atoms with Gasteiger partial charge in [-0.2, -0.15) is 0 Å². The van der Waals surface area contributed by atoms with Crippen LogP contribution < -0.4 is 5.32 Å². The van der Waals surface area contributed by atoms with E-state index >= 15 is 0 Å². The Morgan fingerprint density at radius 3 is 2.48 bits per heavy atom. The van der Waals surface area contributed by atoms with Gasteiger partial charge in [-0.3, -0.25) is 14.9 Å². The number of carbonyl (C=O) groups is 3. The van der Waals surface area contributed by atoms with E-state index in [2.05, 4.69) is 5.32 Å². The molecule has 1 fully saturated rings. The minimum absolute atomic E-state index is 0.0659. The average Bonchev–Trinajstić information content (AvgIpc) is 2.70. The summed E-state index contributed by atoms with van der Waals surface area (Å²) in [6, 6.07) is 6.92. The fourth-order valence-corrected chi connectivity index (χ4v) is 3.11. The predicted octanol–water partition coefficient (Wildman–Crippen LogP) is 1.37. The van der Waals surface area contributed by atoms with Crippen molar-refractivity contribution >= 4 is 17.8 Å². The summed E-state index contributed by atoms with van der Waals surface area (Å²) in [5.41, 5.74) is 2.21. The number of carbonyl (C=O) groups excluding carboxylic acids is 3. The maximum absolute atomic E-state index is 12.6. The van der Waals surface area contributed by atoms with Crippen molar-refractivity contribution in [2.75, 3.05) is 13.6 Å². The van der Waals surface area contributed by atoms with Gasteiger partial charge in [0.25, 0.3) is 5.91 Å². The largest absolute Gasteiger partial charge is 0.337 e. The molecule has 0 radical (unpaired) electrons. The van der Waals surface area contributed by atoms with Crippen LogP contribution in [0.2, 0.25) is 0 Å². The summed E-state index contributed by atoms with van der Waals surface area (Å²) in [7, 11) is 1.75. The molecule has 1 aromatic rings. The number of benzene rings is 1. The van der Waals surface area contributed by atoms with Gasteiger partial charge in [0.05, 0.1) is 6.04 Å². The van der Waals surface area contributed by atoms with Crippen LogP contribution in [0.25, 0.3) is 0 Å². The van der Waals surface area contributed by atoms with E-state index in [9.17, 15) is 14.4 Å². The molecule has 4 amide bonds. The second-order valence-electron chi connectivity index (χ2n) is 5.98. The smallest absolute Gasteiger partial charge is 0.325 e. The molecule has 2 aliphatic heterocycles. The monoisotopic (exact) mass is 313 g/mol. The molecule has 1 aromatic carbocycles. The highest BCUT2D eigenvalue weighted by Crippen LogP contribution is 2.34. The van der Waals surface area contributed by atoms with Crippen molar-refractivity contribution in [3.05, 3.63) is 47.5 Å². The number of nitrogens with zero attached hydrogens (tertiary/aromatic N) is 2. The maximum Gasteiger partial charge on any atom is 0.325 e. The van der Waals surface area contributed by atoms with Gasteiger partial charge in [-0.25, -0.2) is 4.79 Å². The minimum Gasteiger partial charge on any atom is -0.337 e. The topological polar surface area (TPSA) is 69.7 Å². The Labute approximate surface area is 134 Å². The molecule has 23 heavy (non-hydrogen) atoms. The third-order valence-corrected chi connectivity index (χ3v) is 4.45. The second kappa shape index (κ2) is 5.87. The van der Waals surface area contributed by atoms with Crippen LogP contribution in [0.5, 0.6) is 0 Å². The van der Waals surface area contributed by atoms with Crippen molar-refractivity contribution in [3.8, 4) is 0 Å². The number of aryl methyl sites for hydroxylation is 1. The lowest BCUT2D eigenvalue weighted by molar-refractivity contribution is -0.131. The zero-order valence-corrected chi connectivity index (χ0v) is 13.2. The average molecular weight is 313 g/mol. The van der Waals surface area contributed by atoms with Gasteiger partial charge in [0.1, 0.15) is 6.04 Å². The molecule has 0 unspecified atom stereocenters. The molecule has 6 nitrogen and oxygen atoms in total. The van der Waals surface area contributed by atoms with E-state index in [0.717, 1.165) is 11.1 Å². The molecule has 1 saturated heterocycles. The summed E-state index contributed by atoms with van der Waals surface area (Å²) in [5.74, 6) is -0.556. The lowest BCUT2D eigenvalue weighted by Crippen LogP contribution is -2.49. The van der Waals surface area contributed by atoms with E-state index in [1.807, 2.05) is 31.2 Å². The zero-order valence-electron chi connectivity index (χ0n) is 13.2. The molecule has 0 spiro atoms. The summed E-state index contributed by atoms with van der Waals surface area (Å²) in [5, 5.41) is 2.26. The fourth-order valence-electron chi connectivity index (χ4n) is 3.11. The van der Waals surface area contributed by atoms with E-state index < -0.39 is 18.0 Å². The Morgan fingerprint density at radius 1 is 1.09 bits per heavy atom. The quantitative estimate of drug-likeness (QED) is 0.896. The molecular weight excluding hydrogens is 294 g/mol. The molecule has 2 atom stereocenters. The van der Waals surface area contributed by atoms with Gasteiger partial charge in [0, 0.05) is 26.1 Å². The summed E-state index contributed by atoms with van der Waals surface area (Å²) in [4.78, 5) is 39.2. The highest BCUT2D eigenvalue weighted by atomic mass is 16.2. The number of hydrogen-bond acceptors (Lipinski definition) is 3. The molecule has 120 valence electrons. The molecule has 0 bridgehead atoms. The van der Waals surface area contributed by atoms with Crippen LogP contribution in [-0.4, -0.2) is 47.3 Å². The molecule has 0 aromatic heterocycles. The number of likely N-dealkylation sites (N-methyl/N-ethyl adjacent to an activating group) is 1. The van der Waals surface area contributed by atoms with Crippen LogP contribution in [-0.2, 0) is 9.59 Å². The van der Waals surface area contributed by atoms with Crippen molar-refractivity contribution in [2.45, 2.75) is 25.4 Å². The van der Waals surface area contributed by atoms with Crippen molar-refractivity contribution in [2.24, 2.45) is 0 Å². The number of urea groups is 1. The van der Waals surface area contributed by atoms with Crippen LogP contribution in [0.15, 0.2) is 36.4 Å². The highest BCUT2D eigenvalue weighted by Gasteiger charge is 2.43. The van der Waals surface area contributed by atoms with Crippen LogP contribution in [0.4, 0.5) is 4.79 Å². The summed E-state index contributed by atoms with van der Waals surface area (Å²) in [6.07, 6.45) is 3.44. The molecular formula is C17H19N3O3. The molecule has 2 aliphatic rings. The Bertz CT molecular complexity index is 681. The van der Waals surface area contributed by atoms with Crippen LogP contribution in [0.1, 0.15) is 23.6 Å². The molecule has 0 saturated carbocycles. The SMILES string of the molecule is Cc1ccc([C@@H]2C[C@@H](N3CC=CC(=O)NC3=O)C(=O)N2C)cc1. The molecule has 1 N–H and O–H groups in total.